The normalized spacial score (nSPS) is 23.6. The van der Waals surface area contributed by atoms with Crippen molar-refractivity contribution < 1.29 is 29.6 Å². The molecule has 1 unspecified atom stereocenters. The van der Waals surface area contributed by atoms with Crippen LogP contribution in [0.15, 0.2) is 30.6 Å². The van der Waals surface area contributed by atoms with Crippen LogP contribution in [0, 0.1) is 3.57 Å². The molecule has 4 atom stereocenters. The number of hydrogen-bond donors (Lipinski definition) is 4. The number of fused-ring (bicyclic) bond motifs is 1. The number of nitrogens with zero attached hydrogens (tertiary/aromatic N) is 4. The number of aliphatic hydroxyl groups is 3. The van der Waals surface area contributed by atoms with Crippen molar-refractivity contribution in [3.63, 3.8) is 0 Å². The Morgan fingerprint density at radius 3 is 2.70 bits per heavy atom. The van der Waals surface area contributed by atoms with Crippen molar-refractivity contribution in [2.75, 3.05) is 5.32 Å². The van der Waals surface area contributed by atoms with E-state index in [0.717, 1.165) is 9.13 Å². The van der Waals surface area contributed by atoms with Crippen molar-refractivity contribution in [3.8, 4) is 5.88 Å². The Balaban J connectivity index is 1.73. The third-order valence-corrected chi connectivity index (χ3v) is 5.54. The Morgan fingerprint density at radius 1 is 1.27 bits per heavy atom. The molecule has 1 saturated heterocycles. The summed E-state index contributed by atoms with van der Waals surface area (Å²) in [6.45, 7) is 1.52. The number of hydrogen-bond acceptors (Lipinski definition) is 9. The number of nitrogens with one attached hydrogen (secondary N) is 1. The van der Waals surface area contributed by atoms with Crippen molar-refractivity contribution in [2.45, 2.75) is 38.3 Å². The molecule has 30 heavy (non-hydrogen) atoms. The molecule has 3 aromatic rings. The zero-order chi connectivity index (χ0) is 21.4. The van der Waals surface area contributed by atoms with Crippen LogP contribution in [0.2, 0.25) is 0 Å². The van der Waals surface area contributed by atoms with Gasteiger partial charge in [-0.2, -0.15) is 9.97 Å². The summed E-state index contributed by atoms with van der Waals surface area (Å²) >= 11 is 2.20. The first-order chi connectivity index (χ1) is 14.3. The predicted octanol–water partition coefficient (Wildman–Crippen LogP) is 0.537. The van der Waals surface area contributed by atoms with Gasteiger partial charge in [-0.3, -0.25) is 14.7 Å². The zero-order valence-corrected chi connectivity index (χ0v) is 17.8. The highest BCUT2D eigenvalue weighted by atomic mass is 127. The van der Waals surface area contributed by atoms with Gasteiger partial charge < -0.3 is 24.8 Å². The molecule has 4 N–H and O–H groups in total. The van der Waals surface area contributed by atoms with Crippen LogP contribution in [0.5, 0.6) is 5.88 Å². The fourth-order valence-corrected chi connectivity index (χ4v) is 3.57. The monoisotopic (exact) mass is 527 g/mol. The minimum atomic E-state index is -1.56. The van der Waals surface area contributed by atoms with E-state index in [4.69, 9.17) is 9.47 Å². The van der Waals surface area contributed by atoms with Gasteiger partial charge in [0, 0.05) is 16.1 Å². The van der Waals surface area contributed by atoms with Crippen LogP contribution in [0.3, 0.4) is 0 Å². The molecule has 0 spiro atoms. The van der Waals surface area contributed by atoms with Gasteiger partial charge in [-0.05, 0) is 28.7 Å². The largest absolute Gasteiger partial charge is 0.471 e. The first-order valence-corrected chi connectivity index (χ1v) is 10.0. The van der Waals surface area contributed by atoms with E-state index in [2.05, 4.69) is 42.9 Å². The molecule has 12 heteroatoms. The van der Waals surface area contributed by atoms with E-state index < -0.39 is 24.7 Å². The molecule has 4 rings (SSSR count). The lowest BCUT2D eigenvalue weighted by atomic mass is 10.2. The van der Waals surface area contributed by atoms with Gasteiger partial charge in [0.25, 0.3) is 0 Å². The number of rotatable bonds is 5. The Morgan fingerprint density at radius 2 is 2.03 bits per heavy atom. The van der Waals surface area contributed by atoms with Gasteiger partial charge in [0.15, 0.2) is 23.7 Å². The maximum atomic E-state index is 11.5. The topological polar surface area (TPSA) is 152 Å². The van der Waals surface area contributed by atoms with Crippen molar-refractivity contribution >= 4 is 45.6 Å². The van der Waals surface area contributed by atoms with Crippen LogP contribution in [0.25, 0.3) is 11.2 Å². The third-order valence-electron chi connectivity index (χ3n) is 4.49. The van der Waals surface area contributed by atoms with Gasteiger partial charge in [0.05, 0.1) is 6.33 Å². The number of anilines is 1. The molecule has 0 radical (unpaired) electrons. The molecule has 158 valence electrons. The number of imidazole rings is 1. The summed E-state index contributed by atoms with van der Waals surface area (Å²) in [5.74, 6) is -0.286. The second-order valence-electron chi connectivity index (χ2n) is 6.64. The first-order valence-electron chi connectivity index (χ1n) is 8.93. The van der Waals surface area contributed by atoms with E-state index in [0.29, 0.717) is 0 Å². The molecule has 0 bridgehead atoms. The number of halogens is 1. The lowest BCUT2D eigenvalue weighted by molar-refractivity contribution is -0.141. The summed E-state index contributed by atoms with van der Waals surface area (Å²) in [6.07, 6.45) is -4.26. The van der Waals surface area contributed by atoms with Crippen LogP contribution in [-0.4, -0.2) is 59.2 Å². The van der Waals surface area contributed by atoms with E-state index >= 15 is 0 Å². The quantitative estimate of drug-likeness (QED) is 0.349. The highest BCUT2D eigenvalue weighted by Gasteiger charge is 2.43. The first kappa shape index (κ1) is 20.9. The zero-order valence-electron chi connectivity index (χ0n) is 15.6. The summed E-state index contributed by atoms with van der Waals surface area (Å²) in [6, 6.07) is 7.67. The van der Waals surface area contributed by atoms with Gasteiger partial charge in [0.2, 0.25) is 17.7 Å². The van der Waals surface area contributed by atoms with Crippen LogP contribution in [-0.2, 0) is 16.1 Å². The van der Waals surface area contributed by atoms with Crippen LogP contribution in [0.4, 0.5) is 5.95 Å². The third kappa shape index (κ3) is 3.96. The average Bonchev–Trinajstić information content (AvgIpc) is 3.23. The second-order valence-corrected chi connectivity index (χ2v) is 7.80. The summed E-state index contributed by atoms with van der Waals surface area (Å²) < 4.78 is 13.5. The molecule has 1 amide bonds. The van der Waals surface area contributed by atoms with Crippen molar-refractivity contribution in [3.05, 3.63) is 39.7 Å². The summed E-state index contributed by atoms with van der Waals surface area (Å²) in [5, 5.41) is 32.2. The Bertz CT molecular complexity index is 1090. The number of ether oxygens (including phenoxy) is 2. The van der Waals surface area contributed by atoms with E-state index in [9.17, 15) is 20.1 Å². The molecule has 1 aliphatic heterocycles. The van der Waals surface area contributed by atoms with Gasteiger partial charge in [0.1, 0.15) is 18.8 Å². The maximum absolute atomic E-state index is 11.5. The van der Waals surface area contributed by atoms with Crippen LogP contribution < -0.4 is 10.1 Å². The molecule has 1 fully saturated rings. The standard InChI is InChI=1S/C18H18IN5O6/c1-8(25)21-18-22-14-11(15(23-18)29-6-9-4-2-3-5-10(9)19)20-7-24(14)16-12(26)13(27)17(28)30-16/h2-5,7,12-13,16-17,26-28H,6H2,1H3,(H,21,22,23,25)/t12-,13+,16?,17+/m1/s1. The molecule has 1 aliphatic rings. The van der Waals surface area contributed by atoms with Gasteiger partial charge in [-0.1, -0.05) is 18.2 Å². The number of aromatic nitrogens is 4. The minimum absolute atomic E-state index is 0.0249. The summed E-state index contributed by atoms with van der Waals surface area (Å²) in [7, 11) is 0. The number of carbonyl (C=O) groups excluding carboxylic acids is 1. The Kier molecular flexibility index (Phi) is 5.84. The highest BCUT2D eigenvalue weighted by molar-refractivity contribution is 14.1. The summed E-state index contributed by atoms with van der Waals surface area (Å²) in [4.78, 5) is 24.3. The number of amides is 1. The molecular weight excluding hydrogens is 509 g/mol. The molecule has 0 saturated carbocycles. The van der Waals surface area contributed by atoms with Crippen molar-refractivity contribution in [2.24, 2.45) is 0 Å². The average molecular weight is 527 g/mol. The number of benzene rings is 1. The number of carbonyl (C=O) groups is 1. The minimum Gasteiger partial charge on any atom is -0.471 e. The van der Waals surface area contributed by atoms with Crippen molar-refractivity contribution in [1.29, 1.82) is 0 Å². The molecule has 11 nitrogen and oxygen atoms in total. The lowest BCUT2D eigenvalue weighted by Crippen LogP contribution is -2.31. The van der Waals surface area contributed by atoms with Gasteiger partial charge in [-0.25, -0.2) is 4.98 Å². The fraction of sp³-hybridized carbons (Fsp3) is 0.333. The molecule has 3 heterocycles. The molecular formula is C18H18IN5O6. The van der Waals surface area contributed by atoms with E-state index in [1.807, 2.05) is 24.3 Å². The predicted molar refractivity (Wildman–Crippen MR) is 111 cm³/mol. The molecule has 0 aliphatic carbocycles. The smallest absolute Gasteiger partial charge is 0.247 e. The maximum Gasteiger partial charge on any atom is 0.247 e. The van der Waals surface area contributed by atoms with E-state index in [1.165, 1.54) is 17.8 Å². The van der Waals surface area contributed by atoms with E-state index in [1.54, 1.807) is 0 Å². The van der Waals surface area contributed by atoms with Gasteiger partial charge >= 0.3 is 0 Å². The fourth-order valence-electron chi connectivity index (χ4n) is 3.02. The highest BCUT2D eigenvalue weighted by Crippen LogP contribution is 2.32. The van der Waals surface area contributed by atoms with E-state index in [-0.39, 0.29) is 35.5 Å². The van der Waals surface area contributed by atoms with Crippen LogP contribution in [0.1, 0.15) is 18.7 Å². The molecule has 2 aromatic heterocycles. The Labute approximate surface area is 183 Å². The molecule has 1 aromatic carbocycles. The van der Waals surface area contributed by atoms with Crippen LogP contribution >= 0.6 is 22.6 Å². The second kappa shape index (κ2) is 8.39. The lowest BCUT2D eigenvalue weighted by Gasteiger charge is -2.16. The van der Waals surface area contributed by atoms with Gasteiger partial charge in [-0.15, -0.1) is 0 Å². The summed E-state index contributed by atoms with van der Waals surface area (Å²) in [5.41, 5.74) is 1.39. The van der Waals surface area contributed by atoms with Crippen molar-refractivity contribution in [1.82, 2.24) is 19.5 Å². The SMILES string of the molecule is CC(=O)Nc1nc(OCc2ccccc2I)c2ncn(C3O[C@H](O)[C@@H](O)[C@H]3O)c2n1. The number of aliphatic hydroxyl groups excluding tert-OH is 3. The Hall–Kier alpha value is -2.39.